The lowest BCUT2D eigenvalue weighted by Crippen LogP contribution is -1.93. The molecule has 0 atom stereocenters. The van der Waals surface area contributed by atoms with Crippen LogP contribution in [0.5, 0.6) is 0 Å². The Morgan fingerprint density at radius 2 is 0.864 bits per heavy atom. The summed E-state index contributed by atoms with van der Waals surface area (Å²) < 4.78 is 0. The van der Waals surface area contributed by atoms with Crippen LogP contribution < -0.4 is 0 Å². The van der Waals surface area contributed by atoms with E-state index in [1.807, 2.05) is 0 Å². The second-order valence-corrected chi connectivity index (χ2v) is 6.09. The SMILES string of the molecule is CCCCCCCCCCCCCCCCCC(=O)O.[Mg].[Mg]. The zero-order valence-corrected chi connectivity index (χ0v) is 17.9. The van der Waals surface area contributed by atoms with Gasteiger partial charge in [-0.15, -0.1) is 0 Å². The van der Waals surface area contributed by atoms with E-state index < -0.39 is 5.97 Å². The minimum Gasteiger partial charge on any atom is -0.481 e. The summed E-state index contributed by atoms with van der Waals surface area (Å²) in [6.07, 6.45) is 20.2. The summed E-state index contributed by atoms with van der Waals surface area (Å²) in [4.78, 5) is 10.3. The molecular weight excluding hydrogens is 297 g/mol. The Morgan fingerprint density at radius 1 is 0.591 bits per heavy atom. The summed E-state index contributed by atoms with van der Waals surface area (Å²) in [7, 11) is 0. The minimum atomic E-state index is -0.653. The average Bonchev–Trinajstić information content (AvgIpc) is 2.43. The largest absolute Gasteiger partial charge is 0.481 e. The van der Waals surface area contributed by atoms with Crippen molar-refractivity contribution in [1.82, 2.24) is 0 Å². The molecule has 0 aliphatic carbocycles. The maximum atomic E-state index is 10.3. The molecule has 0 fully saturated rings. The van der Waals surface area contributed by atoms with Crippen molar-refractivity contribution in [3.8, 4) is 0 Å². The predicted octanol–water partition coefficient (Wildman–Crippen LogP) is 5.57. The van der Waals surface area contributed by atoms with E-state index in [-0.39, 0.29) is 46.1 Å². The molecule has 22 heavy (non-hydrogen) atoms. The molecule has 0 unspecified atom stereocenters. The van der Waals surface area contributed by atoms with E-state index in [2.05, 4.69) is 6.92 Å². The highest BCUT2D eigenvalue weighted by atomic mass is 24.3. The molecule has 0 aromatic carbocycles. The lowest BCUT2D eigenvalue weighted by molar-refractivity contribution is -0.137. The zero-order chi connectivity index (χ0) is 14.9. The van der Waals surface area contributed by atoms with Gasteiger partial charge in [0.2, 0.25) is 0 Å². The molecule has 1 N–H and O–H groups in total. The third kappa shape index (κ3) is 25.9. The summed E-state index contributed by atoms with van der Waals surface area (Å²) in [6, 6.07) is 0. The van der Waals surface area contributed by atoms with Gasteiger partial charge in [0.15, 0.2) is 0 Å². The van der Waals surface area contributed by atoms with Gasteiger partial charge >= 0.3 is 5.97 Å². The van der Waals surface area contributed by atoms with Gasteiger partial charge in [0.25, 0.3) is 0 Å². The molecule has 0 heterocycles. The van der Waals surface area contributed by atoms with E-state index in [1.165, 1.54) is 83.5 Å². The van der Waals surface area contributed by atoms with Gasteiger partial charge in [0.05, 0.1) is 0 Å². The van der Waals surface area contributed by atoms with Gasteiger partial charge in [-0.05, 0) is 6.42 Å². The van der Waals surface area contributed by atoms with Gasteiger partial charge in [0, 0.05) is 52.5 Å². The average molecular weight is 333 g/mol. The number of hydrogen-bond acceptors (Lipinski definition) is 1. The maximum absolute atomic E-state index is 10.3. The Bertz CT molecular complexity index is 211. The van der Waals surface area contributed by atoms with E-state index in [0.29, 0.717) is 6.42 Å². The van der Waals surface area contributed by atoms with E-state index >= 15 is 0 Å². The summed E-state index contributed by atoms with van der Waals surface area (Å²) in [5, 5.41) is 8.52. The molecule has 0 aromatic rings. The molecule has 0 bridgehead atoms. The first-order chi connectivity index (χ1) is 9.77. The summed E-state index contributed by atoms with van der Waals surface area (Å²) in [5.74, 6) is -0.653. The molecule has 0 aliphatic rings. The number of hydrogen-bond donors (Lipinski definition) is 1. The van der Waals surface area contributed by atoms with Crippen LogP contribution in [0.2, 0.25) is 0 Å². The highest BCUT2D eigenvalue weighted by Crippen LogP contribution is 2.13. The molecule has 0 amide bonds. The number of carboxylic acid groups (broad SMARTS) is 1. The standard InChI is InChI=1S/C18H36O2.2Mg/c1-2-3-4-5-6-7-8-9-10-11-12-13-14-15-16-17-18(19)20;;/h2-17H2,1H3,(H,19,20);;. The number of rotatable bonds is 16. The number of unbranched alkanes of at least 4 members (excludes halogenated alkanes) is 14. The zero-order valence-electron chi connectivity index (χ0n) is 15.1. The highest BCUT2D eigenvalue weighted by molar-refractivity contribution is 5.76. The Kier molecular flexibility index (Phi) is 30.7. The van der Waals surface area contributed by atoms with Crippen molar-refractivity contribution in [2.75, 3.05) is 0 Å². The van der Waals surface area contributed by atoms with Gasteiger partial charge in [-0.25, -0.2) is 0 Å². The molecule has 0 spiro atoms. The molecule has 124 valence electrons. The van der Waals surface area contributed by atoms with Crippen LogP contribution in [0.1, 0.15) is 110 Å². The molecule has 0 rings (SSSR count). The van der Waals surface area contributed by atoms with E-state index in [4.69, 9.17) is 5.11 Å². The van der Waals surface area contributed by atoms with Crippen molar-refractivity contribution in [3.63, 3.8) is 0 Å². The van der Waals surface area contributed by atoms with Crippen molar-refractivity contribution >= 4 is 52.1 Å². The Balaban J connectivity index is -0.00000180. The Labute approximate surface area is 170 Å². The van der Waals surface area contributed by atoms with Gasteiger partial charge in [-0.3, -0.25) is 4.79 Å². The fourth-order valence-corrected chi connectivity index (χ4v) is 2.65. The van der Waals surface area contributed by atoms with Crippen LogP contribution in [-0.4, -0.2) is 57.2 Å². The van der Waals surface area contributed by atoms with Gasteiger partial charge < -0.3 is 5.11 Å². The van der Waals surface area contributed by atoms with Crippen LogP contribution in [0.3, 0.4) is 0 Å². The van der Waals surface area contributed by atoms with Crippen molar-refractivity contribution in [2.24, 2.45) is 0 Å². The molecule has 2 nitrogen and oxygen atoms in total. The van der Waals surface area contributed by atoms with Gasteiger partial charge in [0.1, 0.15) is 0 Å². The third-order valence-electron chi connectivity index (χ3n) is 3.99. The van der Waals surface area contributed by atoms with E-state index in [1.54, 1.807) is 0 Å². The molecule has 4 heteroatoms. The molecule has 0 aromatic heterocycles. The maximum Gasteiger partial charge on any atom is 0.303 e. The van der Waals surface area contributed by atoms with Crippen LogP contribution in [0.25, 0.3) is 0 Å². The van der Waals surface area contributed by atoms with Crippen molar-refractivity contribution in [3.05, 3.63) is 0 Å². The fourth-order valence-electron chi connectivity index (χ4n) is 2.65. The first-order valence-corrected chi connectivity index (χ1v) is 8.99. The second-order valence-electron chi connectivity index (χ2n) is 6.09. The quantitative estimate of drug-likeness (QED) is 0.296. The van der Waals surface area contributed by atoms with Crippen molar-refractivity contribution in [1.29, 1.82) is 0 Å². The lowest BCUT2D eigenvalue weighted by Gasteiger charge is -2.03. The van der Waals surface area contributed by atoms with Crippen LogP contribution in [0, 0.1) is 0 Å². The number of aliphatic carboxylic acids is 1. The van der Waals surface area contributed by atoms with Crippen molar-refractivity contribution < 1.29 is 9.90 Å². The van der Waals surface area contributed by atoms with Crippen molar-refractivity contribution in [2.45, 2.75) is 110 Å². The van der Waals surface area contributed by atoms with Crippen LogP contribution in [0.4, 0.5) is 0 Å². The Morgan fingerprint density at radius 3 is 1.14 bits per heavy atom. The Hall–Kier alpha value is 1.00. The summed E-state index contributed by atoms with van der Waals surface area (Å²) in [5.41, 5.74) is 0. The van der Waals surface area contributed by atoms with Crippen LogP contribution >= 0.6 is 0 Å². The van der Waals surface area contributed by atoms with E-state index in [0.717, 1.165) is 12.8 Å². The lowest BCUT2D eigenvalue weighted by atomic mass is 10.0. The normalized spacial score (nSPS) is 9.86. The second kappa shape index (κ2) is 24.3. The van der Waals surface area contributed by atoms with Crippen LogP contribution in [0.15, 0.2) is 0 Å². The van der Waals surface area contributed by atoms with Gasteiger partial charge in [-0.1, -0.05) is 96.8 Å². The predicted molar refractivity (Wildman–Crippen MR) is 98.7 cm³/mol. The van der Waals surface area contributed by atoms with Gasteiger partial charge in [-0.2, -0.15) is 0 Å². The summed E-state index contributed by atoms with van der Waals surface area (Å²) >= 11 is 0. The topological polar surface area (TPSA) is 37.3 Å². The van der Waals surface area contributed by atoms with Crippen LogP contribution in [-0.2, 0) is 4.79 Å². The smallest absolute Gasteiger partial charge is 0.303 e. The molecule has 0 aliphatic heterocycles. The molecule has 4 radical (unpaired) electrons. The first-order valence-electron chi connectivity index (χ1n) is 8.99. The fraction of sp³-hybridized carbons (Fsp3) is 0.944. The first kappa shape index (κ1) is 27.8. The minimum absolute atomic E-state index is 0. The summed E-state index contributed by atoms with van der Waals surface area (Å²) in [6.45, 7) is 2.27. The molecular formula is C18H36Mg2O2. The highest BCUT2D eigenvalue weighted by Gasteiger charge is 1.97. The molecule has 0 saturated heterocycles. The third-order valence-corrected chi connectivity index (χ3v) is 3.99. The van der Waals surface area contributed by atoms with E-state index in [9.17, 15) is 4.79 Å². The number of carboxylic acids is 1. The molecule has 0 saturated carbocycles. The monoisotopic (exact) mass is 332 g/mol. The number of carbonyl (C=O) groups is 1.